The van der Waals surface area contributed by atoms with Crippen LogP contribution in [0, 0.1) is 0 Å². The molecule has 20 heavy (non-hydrogen) atoms. The minimum absolute atomic E-state index is 0.0175. The molecule has 0 radical (unpaired) electrons. The molecular formula is C14H17BrF3NO. The molecule has 1 rings (SSSR count). The number of benzene rings is 1. The molecule has 2 nitrogen and oxygen atoms in total. The Hall–Kier alpha value is -1.04. The Labute approximate surface area is 125 Å². The molecule has 1 amide bonds. The quantitative estimate of drug-likeness (QED) is 0.770. The second-order valence-corrected chi connectivity index (χ2v) is 6.08. The summed E-state index contributed by atoms with van der Waals surface area (Å²) < 4.78 is 38.5. The van der Waals surface area contributed by atoms with Crippen molar-refractivity contribution >= 4 is 21.8 Å². The van der Waals surface area contributed by atoms with E-state index in [1.807, 2.05) is 20.8 Å². The van der Waals surface area contributed by atoms with E-state index in [4.69, 9.17) is 0 Å². The molecule has 0 spiro atoms. The normalized spacial score (nSPS) is 12.4. The summed E-state index contributed by atoms with van der Waals surface area (Å²) in [6.07, 6.45) is -3.76. The van der Waals surface area contributed by atoms with Crippen LogP contribution in [0.4, 0.5) is 13.2 Å². The van der Waals surface area contributed by atoms with Crippen LogP contribution in [0.15, 0.2) is 22.7 Å². The highest BCUT2D eigenvalue weighted by Gasteiger charge is 2.33. The minimum Gasteiger partial charge on any atom is -0.337 e. The van der Waals surface area contributed by atoms with E-state index in [1.165, 1.54) is 11.0 Å². The van der Waals surface area contributed by atoms with Gasteiger partial charge in [-0.15, -0.1) is 0 Å². The maximum atomic E-state index is 12.7. The second-order valence-electron chi connectivity index (χ2n) is 5.22. The third-order valence-electron chi connectivity index (χ3n) is 3.60. The molecule has 0 bridgehead atoms. The summed E-state index contributed by atoms with van der Waals surface area (Å²) in [5.74, 6) is -0.435. The molecule has 0 heterocycles. The molecule has 0 fully saturated rings. The molecule has 112 valence electrons. The zero-order valence-electron chi connectivity index (χ0n) is 11.8. The zero-order chi connectivity index (χ0) is 15.7. The van der Waals surface area contributed by atoms with Crippen LogP contribution in [0.3, 0.4) is 0 Å². The van der Waals surface area contributed by atoms with Crippen molar-refractivity contribution in [1.82, 2.24) is 4.90 Å². The van der Waals surface area contributed by atoms with Crippen molar-refractivity contribution in [3.8, 4) is 0 Å². The lowest BCUT2D eigenvalue weighted by atomic mass is 9.98. The molecule has 0 aromatic heterocycles. The highest BCUT2D eigenvalue weighted by atomic mass is 79.9. The largest absolute Gasteiger partial charge is 0.416 e. The van der Waals surface area contributed by atoms with Gasteiger partial charge in [-0.1, -0.05) is 6.92 Å². The molecule has 0 saturated heterocycles. The van der Waals surface area contributed by atoms with Crippen molar-refractivity contribution in [2.24, 2.45) is 0 Å². The van der Waals surface area contributed by atoms with Crippen LogP contribution in [0.2, 0.25) is 0 Å². The van der Waals surface area contributed by atoms with Gasteiger partial charge in [-0.05, 0) is 54.4 Å². The van der Waals surface area contributed by atoms with Gasteiger partial charge in [-0.3, -0.25) is 4.79 Å². The topological polar surface area (TPSA) is 20.3 Å². The van der Waals surface area contributed by atoms with Gasteiger partial charge in [0, 0.05) is 17.1 Å². The highest BCUT2D eigenvalue weighted by Crippen LogP contribution is 2.33. The van der Waals surface area contributed by atoms with Crippen LogP contribution in [0.1, 0.15) is 43.1 Å². The maximum Gasteiger partial charge on any atom is 0.416 e. The lowest BCUT2D eigenvalue weighted by molar-refractivity contribution is -0.137. The Morgan fingerprint density at radius 2 is 1.85 bits per heavy atom. The van der Waals surface area contributed by atoms with E-state index in [0.29, 0.717) is 10.9 Å². The van der Waals surface area contributed by atoms with Gasteiger partial charge in [-0.2, -0.15) is 13.2 Å². The molecule has 0 aliphatic carbocycles. The fraction of sp³-hybridized carbons (Fsp3) is 0.500. The molecule has 0 atom stereocenters. The first kappa shape index (κ1) is 17.0. The van der Waals surface area contributed by atoms with Crippen LogP contribution in [-0.4, -0.2) is 23.4 Å². The van der Waals surface area contributed by atoms with Gasteiger partial charge >= 0.3 is 6.18 Å². The maximum absolute atomic E-state index is 12.7. The fourth-order valence-electron chi connectivity index (χ4n) is 1.56. The first-order chi connectivity index (χ1) is 9.00. The van der Waals surface area contributed by atoms with Gasteiger partial charge < -0.3 is 4.90 Å². The molecule has 0 aliphatic heterocycles. The summed E-state index contributed by atoms with van der Waals surface area (Å²) in [5.41, 5.74) is -1.24. The second kappa shape index (κ2) is 5.76. The summed E-state index contributed by atoms with van der Waals surface area (Å²) in [6, 6.07) is 3.09. The van der Waals surface area contributed by atoms with E-state index in [-0.39, 0.29) is 5.56 Å². The summed E-state index contributed by atoms with van der Waals surface area (Å²) >= 11 is 3.14. The minimum atomic E-state index is -4.46. The number of carbonyl (C=O) groups is 1. The molecule has 0 N–H and O–H groups in total. The number of alkyl halides is 3. The van der Waals surface area contributed by atoms with Gasteiger partial charge in [0.25, 0.3) is 5.91 Å². The number of amides is 1. The van der Waals surface area contributed by atoms with Crippen molar-refractivity contribution in [3.05, 3.63) is 33.8 Å². The highest BCUT2D eigenvalue weighted by molar-refractivity contribution is 9.10. The summed E-state index contributed by atoms with van der Waals surface area (Å²) in [6.45, 7) is 5.66. The van der Waals surface area contributed by atoms with Gasteiger partial charge in [0.2, 0.25) is 0 Å². The molecule has 6 heteroatoms. The van der Waals surface area contributed by atoms with Gasteiger partial charge in [0.15, 0.2) is 0 Å². The van der Waals surface area contributed by atoms with E-state index in [2.05, 4.69) is 15.9 Å². The average Bonchev–Trinajstić information content (AvgIpc) is 2.36. The molecule has 0 saturated carbocycles. The average molecular weight is 352 g/mol. The summed E-state index contributed by atoms with van der Waals surface area (Å²) in [4.78, 5) is 13.8. The Morgan fingerprint density at radius 1 is 1.30 bits per heavy atom. The molecule has 1 aromatic rings. The number of rotatable bonds is 3. The molecule has 0 aliphatic rings. The smallest absolute Gasteiger partial charge is 0.337 e. The molecule has 0 unspecified atom stereocenters. The van der Waals surface area contributed by atoms with Gasteiger partial charge in [-0.25, -0.2) is 0 Å². The van der Waals surface area contributed by atoms with Gasteiger partial charge in [0.1, 0.15) is 0 Å². The van der Waals surface area contributed by atoms with Crippen molar-refractivity contribution in [2.45, 2.75) is 38.9 Å². The predicted octanol–water partition coefficient (Wildman–Crippen LogP) is 4.73. The Morgan fingerprint density at radius 3 is 2.30 bits per heavy atom. The van der Waals surface area contributed by atoms with Crippen LogP contribution in [0.5, 0.6) is 0 Å². The van der Waals surface area contributed by atoms with Gasteiger partial charge in [0.05, 0.1) is 11.1 Å². The van der Waals surface area contributed by atoms with E-state index >= 15 is 0 Å². The number of halogens is 4. The van der Waals surface area contributed by atoms with E-state index in [1.54, 1.807) is 7.05 Å². The van der Waals surface area contributed by atoms with Crippen LogP contribution in [0.25, 0.3) is 0 Å². The monoisotopic (exact) mass is 351 g/mol. The first-order valence-corrected chi connectivity index (χ1v) is 6.95. The van der Waals surface area contributed by atoms with Crippen molar-refractivity contribution in [3.63, 3.8) is 0 Å². The first-order valence-electron chi connectivity index (χ1n) is 6.15. The van der Waals surface area contributed by atoms with E-state index < -0.39 is 23.2 Å². The SMILES string of the molecule is CCC(C)(C)N(C)C(=O)c1cc(C(F)(F)F)ccc1Br. The number of hydrogen-bond donors (Lipinski definition) is 0. The number of carbonyl (C=O) groups excluding carboxylic acids is 1. The Bertz CT molecular complexity index is 512. The van der Waals surface area contributed by atoms with Crippen molar-refractivity contribution in [2.75, 3.05) is 7.05 Å². The van der Waals surface area contributed by atoms with Crippen LogP contribution >= 0.6 is 15.9 Å². The zero-order valence-corrected chi connectivity index (χ0v) is 13.4. The summed E-state index contributed by atoms with van der Waals surface area (Å²) in [5, 5.41) is 0. The number of hydrogen-bond acceptors (Lipinski definition) is 1. The molecule has 1 aromatic carbocycles. The van der Waals surface area contributed by atoms with E-state index in [9.17, 15) is 18.0 Å². The van der Waals surface area contributed by atoms with Crippen molar-refractivity contribution < 1.29 is 18.0 Å². The van der Waals surface area contributed by atoms with E-state index in [0.717, 1.165) is 12.1 Å². The Kier molecular flexibility index (Phi) is 4.90. The van der Waals surface area contributed by atoms with Crippen LogP contribution in [-0.2, 0) is 6.18 Å². The van der Waals surface area contributed by atoms with Crippen molar-refractivity contribution in [1.29, 1.82) is 0 Å². The number of nitrogens with zero attached hydrogens (tertiary/aromatic N) is 1. The lowest BCUT2D eigenvalue weighted by Gasteiger charge is -2.35. The third-order valence-corrected chi connectivity index (χ3v) is 4.29. The third kappa shape index (κ3) is 3.53. The Balaban J connectivity index is 3.23. The predicted molar refractivity (Wildman–Crippen MR) is 75.6 cm³/mol. The lowest BCUT2D eigenvalue weighted by Crippen LogP contribution is -2.44. The summed E-state index contributed by atoms with van der Waals surface area (Å²) in [7, 11) is 1.60. The standard InChI is InChI=1S/C14H17BrF3NO/c1-5-13(2,3)19(4)12(20)10-8-9(14(16,17)18)6-7-11(10)15/h6-8H,5H2,1-4H3. The van der Waals surface area contributed by atoms with Crippen LogP contribution < -0.4 is 0 Å². The fourth-order valence-corrected chi connectivity index (χ4v) is 1.97. The molecular weight excluding hydrogens is 335 g/mol.